The van der Waals surface area contributed by atoms with Crippen molar-refractivity contribution in [2.45, 2.75) is 25.2 Å². The van der Waals surface area contributed by atoms with Crippen LogP contribution in [0.3, 0.4) is 0 Å². The highest BCUT2D eigenvalue weighted by Crippen LogP contribution is 2.19. The van der Waals surface area contributed by atoms with Crippen LogP contribution >= 0.6 is 0 Å². The van der Waals surface area contributed by atoms with Crippen molar-refractivity contribution in [3.8, 4) is 0 Å². The number of hydrogen-bond donors (Lipinski definition) is 1. The highest BCUT2D eigenvalue weighted by molar-refractivity contribution is 7.92. The van der Waals surface area contributed by atoms with E-state index < -0.39 is 19.7 Å². The Hall–Kier alpha value is -1.08. The Bertz CT molecular complexity index is 648. The van der Waals surface area contributed by atoms with Crippen molar-refractivity contribution in [2.75, 3.05) is 23.0 Å². The van der Waals surface area contributed by atoms with E-state index in [2.05, 4.69) is 0 Å². The highest BCUT2D eigenvalue weighted by atomic mass is 32.2. The van der Waals surface area contributed by atoms with Crippen LogP contribution in [0.2, 0.25) is 0 Å². The zero-order chi connectivity index (χ0) is 14.7. The average Bonchev–Trinajstić information content (AvgIpc) is 2.27. The van der Waals surface area contributed by atoms with Gasteiger partial charge < -0.3 is 5.73 Å². The molecule has 1 rings (SSSR count). The van der Waals surface area contributed by atoms with Crippen LogP contribution in [0.1, 0.15) is 18.9 Å². The molecule has 0 radical (unpaired) electrons. The molecule has 0 amide bonds. The second-order valence-electron chi connectivity index (χ2n) is 4.43. The Morgan fingerprint density at radius 3 is 2.26 bits per heavy atom. The molecule has 1 aromatic carbocycles. The minimum atomic E-state index is -3.46. The Labute approximate surface area is 114 Å². The lowest BCUT2D eigenvalue weighted by atomic mass is 10.2. The van der Waals surface area contributed by atoms with Crippen LogP contribution in [-0.4, -0.2) is 34.1 Å². The molecule has 5 nitrogen and oxygen atoms in total. The number of rotatable bonds is 6. The van der Waals surface area contributed by atoms with Crippen LogP contribution in [0.25, 0.3) is 0 Å². The monoisotopic (exact) mass is 305 g/mol. The lowest BCUT2D eigenvalue weighted by Gasteiger charge is -2.08. The molecule has 0 fully saturated rings. The number of nitrogens with two attached hydrogens (primary N) is 1. The third-order valence-electron chi connectivity index (χ3n) is 2.84. The van der Waals surface area contributed by atoms with Gasteiger partial charge in [0.15, 0.2) is 9.84 Å². The molecule has 7 heteroatoms. The summed E-state index contributed by atoms with van der Waals surface area (Å²) < 4.78 is 46.8. The van der Waals surface area contributed by atoms with Crippen LogP contribution in [0, 0.1) is 6.92 Å². The maximum Gasteiger partial charge on any atom is 0.178 e. The molecule has 0 aromatic heterocycles. The van der Waals surface area contributed by atoms with E-state index in [1.54, 1.807) is 19.9 Å². The number of sulfone groups is 2. The van der Waals surface area contributed by atoms with Crippen molar-refractivity contribution in [1.29, 1.82) is 0 Å². The van der Waals surface area contributed by atoms with Crippen molar-refractivity contribution >= 4 is 25.4 Å². The summed E-state index contributed by atoms with van der Waals surface area (Å²) in [6.07, 6.45) is 0.113. The summed E-state index contributed by atoms with van der Waals surface area (Å²) in [4.78, 5) is 0.218. The van der Waals surface area contributed by atoms with E-state index in [1.807, 2.05) is 0 Å². The minimum Gasteiger partial charge on any atom is -0.399 e. The SMILES string of the molecule is CCS(=O)(=O)CCCS(=O)(=O)c1ccc(N)cc1C. The van der Waals surface area contributed by atoms with Crippen LogP contribution in [0.15, 0.2) is 23.1 Å². The molecule has 0 aliphatic rings. The van der Waals surface area contributed by atoms with E-state index in [-0.39, 0.29) is 28.6 Å². The molecule has 0 bridgehead atoms. The molecule has 19 heavy (non-hydrogen) atoms. The molecule has 0 saturated heterocycles. The maximum atomic E-state index is 12.1. The van der Waals surface area contributed by atoms with Crippen molar-refractivity contribution in [1.82, 2.24) is 0 Å². The third-order valence-corrected chi connectivity index (χ3v) is 6.59. The maximum absolute atomic E-state index is 12.1. The van der Waals surface area contributed by atoms with E-state index in [4.69, 9.17) is 5.73 Å². The van der Waals surface area contributed by atoms with Gasteiger partial charge in [-0.25, -0.2) is 16.8 Å². The number of hydrogen-bond acceptors (Lipinski definition) is 5. The molecule has 1 aromatic rings. The second kappa shape index (κ2) is 5.92. The predicted molar refractivity (Wildman–Crippen MR) is 76.6 cm³/mol. The summed E-state index contributed by atoms with van der Waals surface area (Å²) in [5.41, 5.74) is 6.66. The van der Waals surface area contributed by atoms with Crippen molar-refractivity contribution < 1.29 is 16.8 Å². The highest BCUT2D eigenvalue weighted by Gasteiger charge is 2.18. The van der Waals surface area contributed by atoms with Gasteiger partial charge in [0.25, 0.3) is 0 Å². The van der Waals surface area contributed by atoms with E-state index in [0.29, 0.717) is 11.3 Å². The molecule has 0 aliphatic carbocycles. The van der Waals surface area contributed by atoms with E-state index in [1.165, 1.54) is 12.1 Å². The van der Waals surface area contributed by atoms with E-state index in [0.717, 1.165) is 0 Å². The first-order chi connectivity index (χ1) is 8.68. The van der Waals surface area contributed by atoms with Gasteiger partial charge in [-0.2, -0.15) is 0 Å². The lowest BCUT2D eigenvalue weighted by molar-refractivity contribution is 0.590. The lowest BCUT2D eigenvalue weighted by Crippen LogP contribution is -2.15. The van der Waals surface area contributed by atoms with Gasteiger partial charge in [0.05, 0.1) is 16.4 Å². The quantitative estimate of drug-likeness (QED) is 0.796. The molecular formula is C12H19NO4S2. The fourth-order valence-electron chi connectivity index (χ4n) is 1.74. The normalized spacial score (nSPS) is 12.5. The first kappa shape index (κ1) is 16.0. The van der Waals surface area contributed by atoms with Gasteiger partial charge in [-0.15, -0.1) is 0 Å². The van der Waals surface area contributed by atoms with Gasteiger partial charge >= 0.3 is 0 Å². The first-order valence-electron chi connectivity index (χ1n) is 5.97. The summed E-state index contributed by atoms with van der Waals surface area (Å²) in [6, 6.07) is 4.59. The largest absolute Gasteiger partial charge is 0.399 e. The minimum absolute atomic E-state index is 0.0357. The smallest absolute Gasteiger partial charge is 0.178 e. The Balaban J connectivity index is 2.82. The van der Waals surface area contributed by atoms with E-state index >= 15 is 0 Å². The number of nitrogen functional groups attached to an aromatic ring is 1. The van der Waals surface area contributed by atoms with Crippen LogP contribution < -0.4 is 5.73 Å². The molecular weight excluding hydrogens is 286 g/mol. The van der Waals surface area contributed by atoms with E-state index in [9.17, 15) is 16.8 Å². The number of anilines is 1. The third kappa shape index (κ3) is 4.50. The van der Waals surface area contributed by atoms with Gasteiger partial charge in [-0.1, -0.05) is 6.92 Å². The van der Waals surface area contributed by atoms with Crippen molar-refractivity contribution in [3.05, 3.63) is 23.8 Å². The Morgan fingerprint density at radius 1 is 1.11 bits per heavy atom. The van der Waals surface area contributed by atoms with Gasteiger partial charge in [0, 0.05) is 11.4 Å². The van der Waals surface area contributed by atoms with Crippen molar-refractivity contribution in [2.24, 2.45) is 0 Å². The van der Waals surface area contributed by atoms with Gasteiger partial charge in [-0.05, 0) is 37.1 Å². The molecule has 0 spiro atoms. The second-order valence-corrected chi connectivity index (χ2v) is 8.98. The Morgan fingerprint density at radius 2 is 1.74 bits per heavy atom. The topological polar surface area (TPSA) is 94.3 Å². The van der Waals surface area contributed by atoms with Gasteiger partial charge in [0.1, 0.15) is 9.84 Å². The van der Waals surface area contributed by atoms with Crippen molar-refractivity contribution in [3.63, 3.8) is 0 Å². The molecule has 0 saturated carbocycles. The molecule has 0 aliphatic heterocycles. The summed E-state index contributed by atoms with van der Waals surface area (Å²) in [5.74, 6) is -0.234. The number of benzene rings is 1. The number of aryl methyl sites for hydroxylation is 1. The molecule has 2 N–H and O–H groups in total. The zero-order valence-electron chi connectivity index (χ0n) is 11.1. The summed E-state index contributed by atoms with van der Waals surface area (Å²) in [7, 11) is -6.58. The molecule has 0 heterocycles. The summed E-state index contributed by atoms with van der Waals surface area (Å²) >= 11 is 0. The molecule has 108 valence electrons. The average molecular weight is 305 g/mol. The molecule has 0 unspecified atom stereocenters. The fraction of sp³-hybridized carbons (Fsp3) is 0.500. The van der Waals surface area contributed by atoms with Crippen LogP contribution in [0.4, 0.5) is 5.69 Å². The zero-order valence-corrected chi connectivity index (χ0v) is 12.7. The predicted octanol–water partition coefficient (Wildman–Crippen LogP) is 1.18. The Kier molecular flexibility index (Phi) is 4.98. The first-order valence-corrected chi connectivity index (χ1v) is 9.44. The summed E-state index contributed by atoms with van der Waals surface area (Å²) in [5, 5.41) is 0. The summed E-state index contributed by atoms with van der Waals surface area (Å²) in [6.45, 7) is 3.22. The van der Waals surface area contributed by atoms with Crippen LogP contribution in [-0.2, 0) is 19.7 Å². The van der Waals surface area contributed by atoms with Crippen LogP contribution in [0.5, 0.6) is 0 Å². The standard InChI is InChI=1S/C12H19NO4S2/c1-3-18(14,15)7-4-8-19(16,17)12-6-5-11(13)9-10(12)2/h5-6,9H,3-4,7-8,13H2,1-2H3. The van der Waals surface area contributed by atoms with Gasteiger partial charge in [-0.3, -0.25) is 0 Å². The molecule has 0 atom stereocenters. The van der Waals surface area contributed by atoms with Gasteiger partial charge in [0.2, 0.25) is 0 Å². The fourth-order valence-corrected chi connectivity index (χ4v) is 4.37.